The van der Waals surface area contributed by atoms with Crippen molar-refractivity contribution < 1.29 is 9.32 Å². The summed E-state index contributed by atoms with van der Waals surface area (Å²) in [5.74, 6) is 1.12. The van der Waals surface area contributed by atoms with E-state index in [0.29, 0.717) is 24.6 Å². The molecule has 1 aliphatic rings. The van der Waals surface area contributed by atoms with Gasteiger partial charge in [0.1, 0.15) is 0 Å². The minimum atomic E-state index is 0.0657. The largest absolute Gasteiger partial charge is 0.339 e. The number of hydrogen-bond acceptors (Lipinski definition) is 5. The van der Waals surface area contributed by atoms with Gasteiger partial charge in [0.25, 0.3) is 0 Å². The van der Waals surface area contributed by atoms with E-state index in [-0.39, 0.29) is 5.91 Å². The number of hydrogen-bond donors (Lipinski definition) is 0. The predicted octanol–water partition coefficient (Wildman–Crippen LogP) is 3.61. The summed E-state index contributed by atoms with van der Waals surface area (Å²) in [6.45, 7) is 2.85. The highest BCUT2D eigenvalue weighted by molar-refractivity contribution is 5.94. The second kappa shape index (κ2) is 7.70. The van der Waals surface area contributed by atoms with Gasteiger partial charge in [0.15, 0.2) is 0 Å². The molecule has 0 saturated heterocycles. The maximum Gasteiger partial charge on any atom is 0.227 e. The lowest BCUT2D eigenvalue weighted by Gasteiger charge is -2.28. The van der Waals surface area contributed by atoms with Crippen molar-refractivity contribution in [2.24, 2.45) is 0 Å². The van der Waals surface area contributed by atoms with E-state index in [9.17, 15) is 4.79 Å². The van der Waals surface area contributed by atoms with E-state index in [1.807, 2.05) is 29.2 Å². The van der Waals surface area contributed by atoms with E-state index < -0.39 is 0 Å². The lowest BCUT2D eigenvalue weighted by atomic mass is 10.1. The second-order valence-corrected chi connectivity index (χ2v) is 6.68. The highest BCUT2D eigenvalue weighted by Gasteiger charge is 2.23. The van der Waals surface area contributed by atoms with Crippen molar-refractivity contribution in [2.75, 3.05) is 11.4 Å². The van der Waals surface area contributed by atoms with Crippen LogP contribution in [0.3, 0.4) is 0 Å². The highest BCUT2D eigenvalue weighted by atomic mass is 16.5. The van der Waals surface area contributed by atoms with E-state index in [4.69, 9.17) is 4.52 Å². The number of aryl methyl sites for hydroxylation is 3. The van der Waals surface area contributed by atoms with Crippen LogP contribution in [0.15, 0.2) is 47.1 Å². The molecule has 0 bridgehead atoms. The number of nitrogens with zero attached hydrogens (tertiary/aromatic N) is 4. The first-order valence-corrected chi connectivity index (χ1v) is 9.40. The van der Waals surface area contributed by atoms with E-state index in [1.54, 1.807) is 6.20 Å². The quantitative estimate of drug-likeness (QED) is 0.693. The van der Waals surface area contributed by atoms with Crippen molar-refractivity contribution >= 4 is 11.6 Å². The predicted molar refractivity (Wildman–Crippen MR) is 102 cm³/mol. The van der Waals surface area contributed by atoms with Crippen LogP contribution in [-0.4, -0.2) is 27.6 Å². The first kappa shape index (κ1) is 17.4. The molecule has 138 valence electrons. The van der Waals surface area contributed by atoms with Crippen LogP contribution in [0.1, 0.15) is 36.9 Å². The van der Waals surface area contributed by atoms with Crippen LogP contribution in [0.5, 0.6) is 0 Å². The van der Waals surface area contributed by atoms with Gasteiger partial charge in [-0.3, -0.25) is 9.78 Å². The van der Waals surface area contributed by atoms with Crippen LogP contribution in [0.25, 0.3) is 11.4 Å². The first-order valence-electron chi connectivity index (χ1n) is 9.40. The topological polar surface area (TPSA) is 72.1 Å². The van der Waals surface area contributed by atoms with Crippen molar-refractivity contribution in [1.29, 1.82) is 0 Å². The molecule has 0 spiro atoms. The summed E-state index contributed by atoms with van der Waals surface area (Å²) in [6, 6.07) is 12.0. The standard InChI is InChI=1S/C21H22N4O2/c1-2-15-7-9-16(10-8-15)21-23-19(27-24-21)11-12-20(26)25-14-4-5-17-18(25)6-3-13-22-17/h3,6-10,13H,2,4-5,11-12,14H2,1H3. The average molecular weight is 362 g/mol. The summed E-state index contributed by atoms with van der Waals surface area (Å²) < 4.78 is 5.34. The number of amides is 1. The van der Waals surface area contributed by atoms with Gasteiger partial charge in [-0.2, -0.15) is 4.98 Å². The highest BCUT2D eigenvalue weighted by Crippen LogP contribution is 2.25. The summed E-state index contributed by atoms with van der Waals surface area (Å²) >= 11 is 0. The fourth-order valence-corrected chi connectivity index (χ4v) is 3.36. The molecule has 1 aliphatic heterocycles. The van der Waals surface area contributed by atoms with Crippen molar-refractivity contribution in [1.82, 2.24) is 15.1 Å². The minimum absolute atomic E-state index is 0.0657. The monoisotopic (exact) mass is 362 g/mol. The SMILES string of the molecule is CCc1ccc(-c2noc(CCC(=O)N3CCCc4ncccc43)n2)cc1. The molecule has 0 unspecified atom stereocenters. The molecule has 0 saturated carbocycles. The third-order valence-corrected chi connectivity index (χ3v) is 4.89. The maximum absolute atomic E-state index is 12.7. The molecule has 6 heteroatoms. The number of benzene rings is 1. The molecular formula is C21H22N4O2. The van der Waals surface area contributed by atoms with Crippen LogP contribution in [0, 0.1) is 0 Å². The Morgan fingerprint density at radius 1 is 1.22 bits per heavy atom. The molecular weight excluding hydrogens is 340 g/mol. The van der Waals surface area contributed by atoms with Gasteiger partial charge in [0, 0.05) is 31.1 Å². The number of anilines is 1. The number of pyridine rings is 1. The van der Waals surface area contributed by atoms with Crippen molar-refractivity contribution in [3.63, 3.8) is 0 Å². The number of carbonyl (C=O) groups excluding carboxylic acids is 1. The summed E-state index contributed by atoms with van der Waals surface area (Å²) in [5, 5.41) is 4.05. The van der Waals surface area contributed by atoms with Crippen LogP contribution < -0.4 is 4.90 Å². The van der Waals surface area contributed by atoms with Gasteiger partial charge in [-0.15, -0.1) is 0 Å². The zero-order valence-corrected chi connectivity index (χ0v) is 15.4. The number of fused-ring (bicyclic) bond motifs is 1. The molecule has 1 amide bonds. The normalized spacial score (nSPS) is 13.4. The summed E-state index contributed by atoms with van der Waals surface area (Å²) in [6.07, 6.45) is 5.41. The van der Waals surface area contributed by atoms with E-state index in [2.05, 4.69) is 34.2 Å². The van der Waals surface area contributed by atoms with E-state index >= 15 is 0 Å². The summed E-state index contributed by atoms with van der Waals surface area (Å²) in [4.78, 5) is 23.3. The molecule has 1 aromatic carbocycles. The third kappa shape index (κ3) is 3.74. The first-order chi connectivity index (χ1) is 13.2. The lowest BCUT2D eigenvalue weighted by molar-refractivity contribution is -0.118. The Hall–Kier alpha value is -3.02. The van der Waals surface area contributed by atoms with Gasteiger partial charge in [0.05, 0.1) is 11.4 Å². The fraction of sp³-hybridized carbons (Fsp3) is 0.333. The molecule has 4 rings (SSSR count). The Labute approximate surface area is 158 Å². The number of rotatable bonds is 5. The van der Waals surface area contributed by atoms with Gasteiger partial charge in [0.2, 0.25) is 17.6 Å². The minimum Gasteiger partial charge on any atom is -0.339 e. The van der Waals surface area contributed by atoms with Gasteiger partial charge in [-0.25, -0.2) is 0 Å². The van der Waals surface area contributed by atoms with E-state index in [1.165, 1.54) is 5.56 Å². The number of aromatic nitrogens is 3. The molecule has 0 radical (unpaired) electrons. The molecule has 2 aromatic heterocycles. The van der Waals surface area contributed by atoms with Gasteiger partial charge in [-0.05, 0) is 37.0 Å². The number of carbonyl (C=O) groups is 1. The second-order valence-electron chi connectivity index (χ2n) is 6.68. The zero-order chi connectivity index (χ0) is 18.6. The Morgan fingerprint density at radius 2 is 2.07 bits per heavy atom. The van der Waals surface area contributed by atoms with Crippen molar-refractivity contribution in [2.45, 2.75) is 39.0 Å². The molecule has 6 nitrogen and oxygen atoms in total. The van der Waals surface area contributed by atoms with Crippen molar-refractivity contribution in [3.05, 3.63) is 59.7 Å². The van der Waals surface area contributed by atoms with Crippen LogP contribution in [-0.2, 0) is 24.1 Å². The van der Waals surface area contributed by atoms with Crippen LogP contribution in [0.2, 0.25) is 0 Å². The molecule has 3 aromatic rings. The lowest BCUT2D eigenvalue weighted by Crippen LogP contribution is -2.35. The molecule has 0 atom stereocenters. The Balaban J connectivity index is 1.41. The van der Waals surface area contributed by atoms with Crippen LogP contribution >= 0.6 is 0 Å². The molecule has 0 aliphatic carbocycles. The van der Waals surface area contributed by atoms with Crippen LogP contribution in [0.4, 0.5) is 5.69 Å². The average Bonchev–Trinajstić information content (AvgIpc) is 3.20. The molecule has 27 heavy (non-hydrogen) atoms. The Bertz CT molecular complexity index is 933. The maximum atomic E-state index is 12.7. The third-order valence-electron chi connectivity index (χ3n) is 4.89. The van der Waals surface area contributed by atoms with Gasteiger partial charge >= 0.3 is 0 Å². The van der Waals surface area contributed by atoms with E-state index in [0.717, 1.165) is 42.8 Å². The fourth-order valence-electron chi connectivity index (χ4n) is 3.36. The molecule has 0 fully saturated rings. The van der Waals surface area contributed by atoms with Gasteiger partial charge in [-0.1, -0.05) is 36.3 Å². The smallest absolute Gasteiger partial charge is 0.227 e. The molecule has 0 N–H and O–H groups in total. The Morgan fingerprint density at radius 3 is 2.89 bits per heavy atom. The van der Waals surface area contributed by atoms with Crippen molar-refractivity contribution in [3.8, 4) is 11.4 Å². The summed E-state index contributed by atoms with van der Waals surface area (Å²) in [7, 11) is 0. The summed E-state index contributed by atoms with van der Waals surface area (Å²) in [5.41, 5.74) is 4.11. The molecule has 3 heterocycles. The van der Waals surface area contributed by atoms with Gasteiger partial charge < -0.3 is 9.42 Å². The zero-order valence-electron chi connectivity index (χ0n) is 15.4. The Kier molecular flexibility index (Phi) is 4.96.